The van der Waals surface area contributed by atoms with Crippen LogP contribution in [0.25, 0.3) is 10.9 Å². The lowest BCUT2D eigenvalue weighted by molar-refractivity contribution is 0.135. The zero-order valence-corrected chi connectivity index (χ0v) is 11.5. The Kier molecular flexibility index (Phi) is 3.82. The molecule has 0 bridgehead atoms. The number of nitrogens with zero attached hydrogens (tertiary/aromatic N) is 2. The zero-order valence-electron chi connectivity index (χ0n) is 11.5. The summed E-state index contributed by atoms with van der Waals surface area (Å²) in [6, 6.07) is 8.51. The zero-order chi connectivity index (χ0) is 13.1. The maximum absolute atomic E-state index is 3.39. The molecule has 1 aliphatic heterocycles. The van der Waals surface area contributed by atoms with E-state index in [0.29, 0.717) is 0 Å². The van der Waals surface area contributed by atoms with Crippen LogP contribution >= 0.6 is 0 Å². The highest BCUT2D eigenvalue weighted by Gasteiger charge is 2.12. The third-order valence-corrected chi connectivity index (χ3v) is 3.77. The predicted molar refractivity (Wildman–Crippen MR) is 79.1 cm³/mol. The van der Waals surface area contributed by atoms with Gasteiger partial charge in [0.15, 0.2) is 0 Å². The van der Waals surface area contributed by atoms with Gasteiger partial charge in [0.1, 0.15) is 0 Å². The number of hydrogen-bond donors (Lipinski definition) is 2. The molecule has 1 aromatic carbocycles. The van der Waals surface area contributed by atoms with Crippen LogP contribution in [0.4, 0.5) is 0 Å². The van der Waals surface area contributed by atoms with Crippen LogP contribution in [-0.4, -0.2) is 54.7 Å². The minimum Gasteiger partial charge on any atom is -0.361 e. The molecule has 19 heavy (non-hydrogen) atoms. The summed E-state index contributed by atoms with van der Waals surface area (Å²) in [5, 5.41) is 4.73. The van der Waals surface area contributed by atoms with Gasteiger partial charge in [0.05, 0.1) is 6.67 Å². The van der Waals surface area contributed by atoms with Crippen molar-refractivity contribution in [1.82, 2.24) is 20.1 Å². The Morgan fingerprint density at radius 1 is 1.21 bits per heavy atom. The molecular formula is C15H22N4. The van der Waals surface area contributed by atoms with E-state index in [9.17, 15) is 0 Å². The summed E-state index contributed by atoms with van der Waals surface area (Å²) in [5.74, 6) is 0. The Morgan fingerprint density at radius 2 is 2.00 bits per heavy atom. The molecule has 0 radical (unpaired) electrons. The number of benzene rings is 1. The number of H-pyrrole nitrogens is 1. The first-order chi connectivity index (χ1) is 9.33. The van der Waals surface area contributed by atoms with E-state index in [4.69, 9.17) is 0 Å². The van der Waals surface area contributed by atoms with E-state index in [1.165, 1.54) is 16.5 Å². The number of hydrogen-bond acceptors (Lipinski definition) is 3. The Labute approximate surface area is 114 Å². The Hall–Kier alpha value is -1.36. The van der Waals surface area contributed by atoms with E-state index in [-0.39, 0.29) is 0 Å². The van der Waals surface area contributed by atoms with Crippen molar-refractivity contribution in [1.29, 1.82) is 0 Å². The topological polar surface area (TPSA) is 34.3 Å². The summed E-state index contributed by atoms with van der Waals surface area (Å²) in [7, 11) is 2.20. The third kappa shape index (κ3) is 2.97. The third-order valence-electron chi connectivity index (χ3n) is 3.77. The van der Waals surface area contributed by atoms with Crippen molar-refractivity contribution in [2.24, 2.45) is 0 Å². The fraction of sp³-hybridized carbons (Fsp3) is 0.467. The minimum atomic E-state index is 0.994. The average Bonchev–Trinajstić information content (AvgIpc) is 2.83. The van der Waals surface area contributed by atoms with Crippen LogP contribution in [0.1, 0.15) is 5.56 Å². The molecule has 0 unspecified atom stereocenters. The molecule has 2 heterocycles. The summed E-state index contributed by atoms with van der Waals surface area (Å²) in [5.41, 5.74) is 2.61. The number of aromatic nitrogens is 1. The second-order valence-corrected chi connectivity index (χ2v) is 5.38. The van der Waals surface area contributed by atoms with E-state index in [2.05, 4.69) is 57.6 Å². The molecule has 1 saturated heterocycles. The largest absolute Gasteiger partial charge is 0.361 e. The van der Waals surface area contributed by atoms with E-state index < -0.39 is 0 Å². The summed E-state index contributed by atoms with van der Waals surface area (Å²) in [6.45, 7) is 6.56. The van der Waals surface area contributed by atoms with Gasteiger partial charge in [-0.1, -0.05) is 18.2 Å². The molecule has 0 spiro atoms. The van der Waals surface area contributed by atoms with Crippen LogP contribution in [0.5, 0.6) is 0 Å². The normalized spacial score (nSPS) is 17.4. The lowest BCUT2D eigenvalue weighted by Gasteiger charge is -2.31. The highest BCUT2D eigenvalue weighted by Crippen LogP contribution is 2.18. The van der Waals surface area contributed by atoms with Crippen LogP contribution < -0.4 is 5.32 Å². The first-order valence-corrected chi connectivity index (χ1v) is 6.99. The lowest BCUT2D eigenvalue weighted by atomic mass is 10.2. The second-order valence-electron chi connectivity index (χ2n) is 5.38. The van der Waals surface area contributed by atoms with Crippen LogP contribution in [0, 0.1) is 0 Å². The predicted octanol–water partition coefficient (Wildman–Crippen LogP) is 1.46. The number of aromatic amines is 1. The monoisotopic (exact) mass is 258 g/mol. The molecule has 0 amide bonds. The number of piperazine rings is 1. The summed E-state index contributed by atoms with van der Waals surface area (Å²) < 4.78 is 0. The van der Waals surface area contributed by atoms with Crippen molar-refractivity contribution < 1.29 is 0 Å². The quantitative estimate of drug-likeness (QED) is 0.871. The summed E-state index contributed by atoms with van der Waals surface area (Å²) in [6.07, 6.45) is 2.14. The minimum absolute atomic E-state index is 0.994. The molecular weight excluding hydrogens is 236 g/mol. The fourth-order valence-corrected chi connectivity index (χ4v) is 2.80. The van der Waals surface area contributed by atoms with Crippen LogP contribution in [0.2, 0.25) is 0 Å². The van der Waals surface area contributed by atoms with Gasteiger partial charge < -0.3 is 10.3 Å². The second kappa shape index (κ2) is 5.74. The van der Waals surface area contributed by atoms with Crippen molar-refractivity contribution in [2.75, 3.05) is 39.9 Å². The molecule has 102 valence electrons. The molecule has 3 rings (SSSR count). The molecule has 2 N–H and O–H groups in total. The van der Waals surface area contributed by atoms with Crippen molar-refractivity contribution >= 4 is 10.9 Å². The molecule has 0 atom stereocenters. The summed E-state index contributed by atoms with van der Waals surface area (Å²) >= 11 is 0. The lowest BCUT2D eigenvalue weighted by Crippen LogP contribution is -2.47. The van der Waals surface area contributed by atoms with Crippen LogP contribution in [0.15, 0.2) is 30.5 Å². The summed E-state index contributed by atoms with van der Waals surface area (Å²) in [4.78, 5) is 8.24. The van der Waals surface area contributed by atoms with Gasteiger partial charge in [0.2, 0.25) is 0 Å². The van der Waals surface area contributed by atoms with Gasteiger partial charge in [0, 0.05) is 49.8 Å². The molecule has 2 aromatic rings. The van der Waals surface area contributed by atoms with E-state index >= 15 is 0 Å². The van der Waals surface area contributed by atoms with E-state index in [1.54, 1.807) is 0 Å². The number of nitrogens with one attached hydrogen (secondary N) is 2. The van der Waals surface area contributed by atoms with Gasteiger partial charge >= 0.3 is 0 Å². The van der Waals surface area contributed by atoms with E-state index in [1.807, 2.05) is 0 Å². The maximum atomic E-state index is 3.39. The molecule has 1 aliphatic rings. The highest BCUT2D eigenvalue weighted by molar-refractivity contribution is 5.82. The Morgan fingerprint density at radius 3 is 2.84 bits per heavy atom. The first kappa shape index (κ1) is 12.7. The smallest absolute Gasteiger partial charge is 0.0507 e. The van der Waals surface area contributed by atoms with Crippen molar-refractivity contribution in [3.8, 4) is 0 Å². The number of rotatable bonds is 4. The highest BCUT2D eigenvalue weighted by atomic mass is 15.3. The van der Waals surface area contributed by atoms with Gasteiger partial charge in [0.25, 0.3) is 0 Å². The average molecular weight is 258 g/mol. The molecule has 0 saturated carbocycles. The molecule has 4 nitrogen and oxygen atoms in total. The van der Waals surface area contributed by atoms with Gasteiger partial charge in [-0.25, -0.2) is 0 Å². The van der Waals surface area contributed by atoms with Gasteiger partial charge in [-0.05, 0) is 18.7 Å². The Balaban J connectivity index is 1.63. The van der Waals surface area contributed by atoms with Gasteiger partial charge in [-0.2, -0.15) is 0 Å². The molecule has 4 heteroatoms. The van der Waals surface area contributed by atoms with Crippen molar-refractivity contribution in [3.05, 3.63) is 36.0 Å². The number of fused-ring (bicyclic) bond motifs is 1. The van der Waals surface area contributed by atoms with Crippen molar-refractivity contribution in [2.45, 2.75) is 6.54 Å². The van der Waals surface area contributed by atoms with Crippen LogP contribution in [0.3, 0.4) is 0 Å². The van der Waals surface area contributed by atoms with Gasteiger partial charge in [-0.15, -0.1) is 0 Å². The first-order valence-electron chi connectivity index (χ1n) is 6.99. The Bertz CT molecular complexity index is 528. The molecule has 0 aliphatic carbocycles. The standard InChI is InChI=1S/C15H22N4/c1-18(12-19-8-6-16-7-9-19)11-13-10-17-15-5-3-2-4-14(13)15/h2-5,10,16-17H,6-9,11-12H2,1H3. The SMILES string of the molecule is CN(Cc1c[nH]c2ccccc12)CN1CCNCC1. The molecule has 1 fully saturated rings. The van der Waals surface area contributed by atoms with Crippen LogP contribution in [-0.2, 0) is 6.54 Å². The van der Waals surface area contributed by atoms with E-state index in [0.717, 1.165) is 39.4 Å². The fourth-order valence-electron chi connectivity index (χ4n) is 2.80. The molecule has 1 aromatic heterocycles. The maximum Gasteiger partial charge on any atom is 0.0507 e. The van der Waals surface area contributed by atoms with Gasteiger partial charge in [-0.3, -0.25) is 9.80 Å². The number of para-hydroxylation sites is 1. The van der Waals surface area contributed by atoms with Crippen molar-refractivity contribution in [3.63, 3.8) is 0 Å².